The number of methoxy groups -OCH3 is 1. The lowest BCUT2D eigenvalue weighted by molar-refractivity contribution is -0.141. The number of hydrogen-bond donors (Lipinski definition) is 1. The predicted molar refractivity (Wildman–Crippen MR) is 73.0 cm³/mol. The van der Waals surface area contributed by atoms with Gasteiger partial charge in [-0.3, -0.25) is 9.59 Å². The maximum Gasteiger partial charge on any atom is 0.325 e. The van der Waals surface area contributed by atoms with Gasteiger partial charge in [-0.25, -0.2) is 4.98 Å². The fraction of sp³-hybridized carbons (Fsp3) is 0.308. The fourth-order valence-corrected chi connectivity index (χ4v) is 2.55. The number of aryl methyl sites for hydroxylation is 1. The van der Waals surface area contributed by atoms with Gasteiger partial charge in [-0.2, -0.15) is 0 Å². The van der Waals surface area contributed by atoms with Crippen molar-refractivity contribution >= 4 is 33.4 Å². The van der Waals surface area contributed by atoms with E-state index in [1.54, 1.807) is 11.3 Å². The summed E-state index contributed by atoms with van der Waals surface area (Å²) in [6.45, 7) is -0.0881. The number of esters is 1. The van der Waals surface area contributed by atoms with E-state index in [4.69, 9.17) is 0 Å². The third kappa shape index (κ3) is 3.75. The molecular weight excluding hydrogens is 264 g/mol. The molecule has 0 saturated carbocycles. The predicted octanol–water partition coefficient (Wildman–Crippen LogP) is 1.52. The van der Waals surface area contributed by atoms with Gasteiger partial charge >= 0.3 is 5.97 Å². The smallest absolute Gasteiger partial charge is 0.325 e. The van der Waals surface area contributed by atoms with Gasteiger partial charge in [-0.1, -0.05) is 12.1 Å². The summed E-state index contributed by atoms with van der Waals surface area (Å²) < 4.78 is 5.56. The molecule has 1 N–H and O–H groups in total. The Kier molecular flexibility index (Phi) is 4.46. The van der Waals surface area contributed by atoms with Crippen molar-refractivity contribution < 1.29 is 14.3 Å². The Morgan fingerprint density at radius 1 is 1.37 bits per heavy atom. The van der Waals surface area contributed by atoms with Crippen LogP contribution in [0.4, 0.5) is 0 Å². The second-order valence-electron chi connectivity index (χ2n) is 3.93. The minimum absolute atomic E-state index is 0.0881. The number of hydrogen-bond acceptors (Lipinski definition) is 5. The molecule has 1 aromatic carbocycles. The standard InChI is InChI=1S/C13H14N2O3S/c1-18-13(17)8-14-11(16)6-7-12-15-9-4-2-3-5-10(9)19-12/h2-5H,6-8H2,1H3,(H,14,16). The van der Waals surface area contributed by atoms with E-state index in [-0.39, 0.29) is 12.5 Å². The quantitative estimate of drug-likeness (QED) is 0.842. The number of carbonyl (C=O) groups excluding carboxylic acids is 2. The second-order valence-corrected chi connectivity index (χ2v) is 5.04. The Morgan fingerprint density at radius 2 is 2.16 bits per heavy atom. The molecule has 19 heavy (non-hydrogen) atoms. The maximum atomic E-state index is 11.5. The Hall–Kier alpha value is -1.95. The molecule has 0 unspecified atom stereocenters. The topological polar surface area (TPSA) is 68.3 Å². The monoisotopic (exact) mass is 278 g/mol. The van der Waals surface area contributed by atoms with Crippen LogP contribution in [0.3, 0.4) is 0 Å². The molecule has 5 nitrogen and oxygen atoms in total. The Balaban J connectivity index is 1.84. The molecule has 0 spiro atoms. The van der Waals surface area contributed by atoms with Gasteiger partial charge in [0.05, 0.1) is 22.3 Å². The van der Waals surface area contributed by atoms with E-state index in [0.717, 1.165) is 15.2 Å². The molecule has 0 atom stereocenters. The molecule has 0 fully saturated rings. The van der Waals surface area contributed by atoms with E-state index < -0.39 is 5.97 Å². The third-order valence-corrected chi connectivity index (χ3v) is 3.66. The van der Waals surface area contributed by atoms with Gasteiger partial charge in [0.2, 0.25) is 5.91 Å². The van der Waals surface area contributed by atoms with E-state index in [0.29, 0.717) is 12.8 Å². The lowest BCUT2D eigenvalue weighted by Crippen LogP contribution is -2.30. The average molecular weight is 278 g/mol. The van der Waals surface area contributed by atoms with Gasteiger partial charge in [0.15, 0.2) is 0 Å². The van der Waals surface area contributed by atoms with E-state index >= 15 is 0 Å². The minimum atomic E-state index is -0.451. The molecule has 6 heteroatoms. The van der Waals surface area contributed by atoms with Crippen molar-refractivity contribution in [3.05, 3.63) is 29.3 Å². The number of aromatic nitrogens is 1. The summed E-state index contributed by atoms with van der Waals surface area (Å²) in [5.74, 6) is -0.627. The van der Waals surface area contributed by atoms with Crippen LogP contribution in [0.15, 0.2) is 24.3 Å². The van der Waals surface area contributed by atoms with E-state index in [1.807, 2.05) is 24.3 Å². The number of carbonyl (C=O) groups is 2. The lowest BCUT2D eigenvalue weighted by Gasteiger charge is -2.02. The number of para-hydroxylation sites is 1. The molecule has 1 heterocycles. The average Bonchev–Trinajstić information content (AvgIpc) is 2.85. The summed E-state index contributed by atoms with van der Waals surface area (Å²) in [4.78, 5) is 26.8. The number of nitrogens with one attached hydrogen (secondary N) is 1. The van der Waals surface area contributed by atoms with Crippen molar-refractivity contribution in [3.63, 3.8) is 0 Å². The molecule has 2 aromatic rings. The number of ether oxygens (including phenoxy) is 1. The number of amides is 1. The highest BCUT2D eigenvalue weighted by Crippen LogP contribution is 2.22. The lowest BCUT2D eigenvalue weighted by atomic mass is 10.3. The molecular formula is C13H14N2O3S. The summed E-state index contributed by atoms with van der Waals surface area (Å²) >= 11 is 1.59. The first-order chi connectivity index (χ1) is 9.19. The van der Waals surface area contributed by atoms with Crippen molar-refractivity contribution in [1.29, 1.82) is 0 Å². The van der Waals surface area contributed by atoms with Gasteiger partial charge in [-0.15, -0.1) is 11.3 Å². The van der Waals surface area contributed by atoms with Crippen LogP contribution in [0.1, 0.15) is 11.4 Å². The van der Waals surface area contributed by atoms with Crippen LogP contribution in [-0.2, 0) is 20.7 Å². The van der Waals surface area contributed by atoms with Gasteiger partial charge in [-0.05, 0) is 12.1 Å². The zero-order valence-electron chi connectivity index (χ0n) is 10.5. The Bertz CT molecular complexity index is 561. The molecule has 2 rings (SSSR count). The highest BCUT2D eigenvalue weighted by Gasteiger charge is 2.08. The number of thiazole rings is 1. The largest absolute Gasteiger partial charge is 0.468 e. The van der Waals surface area contributed by atoms with Crippen molar-refractivity contribution in [2.24, 2.45) is 0 Å². The molecule has 0 aliphatic carbocycles. The number of benzene rings is 1. The molecule has 0 radical (unpaired) electrons. The normalized spacial score (nSPS) is 10.4. The Labute approximate surface area is 114 Å². The molecule has 100 valence electrons. The summed E-state index contributed by atoms with van der Waals surface area (Å²) in [7, 11) is 1.29. The molecule has 1 amide bonds. The number of rotatable bonds is 5. The van der Waals surface area contributed by atoms with Crippen LogP contribution in [-0.4, -0.2) is 30.5 Å². The zero-order valence-corrected chi connectivity index (χ0v) is 11.3. The second kappa shape index (κ2) is 6.29. The minimum Gasteiger partial charge on any atom is -0.468 e. The van der Waals surface area contributed by atoms with Crippen LogP contribution in [0.5, 0.6) is 0 Å². The van der Waals surface area contributed by atoms with Gasteiger partial charge < -0.3 is 10.1 Å². The summed E-state index contributed by atoms with van der Waals surface area (Å²) in [5.41, 5.74) is 0.956. The summed E-state index contributed by atoms with van der Waals surface area (Å²) in [5, 5.41) is 3.43. The highest BCUT2D eigenvalue weighted by atomic mass is 32.1. The van der Waals surface area contributed by atoms with E-state index in [9.17, 15) is 9.59 Å². The van der Waals surface area contributed by atoms with E-state index in [1.165, 1.54) is 7.11 Å². The van der Waals surface area contributed by atoms with Gasteiger partial charge in [0.25, 0.3) is 0 Å². The number of fused-ring (bicyclic) bond motifs is 1. The van der Waals surface area contributed by atoms with Crippen molar-refractivity contribution in [3.8, 4) is 0 Å². The fourth-order valence-electron chi connectivity index (χ4n) is 1.58. The first-order valence-corrected chi connectivity index (χ1v) is 6.68. The summed E-state index contributed by atoms with van der Waals surface area (Å²) in [6, 6.07) is 7.86. The summed E-state index contributed by atoms with van der Waals surface area (Å²) in [6.07, 6.45) is 0.892. The van der Waals surface area contributed by atoms with Crippen LogP contribution >= 0.6 is 11.3 Å². The Morgan fingerprint density at radius 3 is 2.89 bits per heavy atom. The molecule has 0 bridgehead atoms. The van der Waals surface area contributed by atoms with Gasteiger partial charge in [0, 0.05) is 12.8 Å². The van der Waals surface area contributed by atoms with Crippen LogP contribution in [0.25, 0.3) is 10.2 Å². The molecule has 0 aliphatic heterocycles. The molecule has 0 aliphatic rings. The zero-order chi connectivity index (χ0) is 13.7. The van der Waals surface area contributed by atoms with Crippen molar-refractivity contribution in [1.82, 2.24) is 10.3 Å². The molecule has 1 aromatic heterocycles. The van der Waals surface area contributed by atoms with Crippen LogP contribution < -0.4 is 5.32 Å². The van der Waals surface area contributed by atoms with E-state index in [2.05, 4.69) is 15.0 Å². The van der Waals surface area contributed by atoms with Crippen molar-refractivity contribution in [2.75, 3.05) is 13.7 Å². The maximum absolute atomic E-state index is 11.5. The van der Waals surface area contributed by atoms with Crippen molar-refractivity contribution in [2.45, 2.75) is 12.8 Å². The van der Waals surface area contributed by atoms with Crippen LogP contribution in [0.2, 0.25) is 0 Å². The first-order valence-electron chi connectivity index (χ1n) is 5.87. The molecule has 0 saturated heterocycles. The highest BCUT2D eigenvalue weighted by molar-refractivity contribution is 7.18. The number of nitrogens with zero attached hydrogens (tertiary/aromatic N) is 1. The van der Waals surface area contributed by atoms with Crippen LogP contribution in [0, 0.1) is 0 Å². The third-order valence-electron chi connectivity index (χ3n) is 2.56. The SMILES string of the molecule is COC(=O)CNC(=O)CCc1nc2ccccc2s1. The first kappa shape index (κ1) is 13.5. The van der Waals surface area contributed by atoms with Gasteiger partial charge in [0.1, 0.15) is 6.54 Å².